The monoisotopic (exact) mass is 388 g/mol. The molecule has 1 fully saturated rings. The maximum absolute atomic E-state index is 12.1. The third-order valence-corrected chi connectivity index (χ3v) is 4.56. The van der Waals surface area contributed by atoms with E-state index in [0.29, 0.717) is 34.9 Å². The number of likely N-dealkylation sites (N-methyl/N-ethyl adjacent to an activating group) is 1. The first-order valence-corrected chi connectivity index (χ1v) is 8.79. The molecule has 0 bridgehead atoms. The second kappa shape index (κ2) is 7.19. The summed E-state index contributed by atoms with van der Waals surface area (Å²) in [5, 5.41) is 26.3. The Balaban J connectivity index is 1.77. The van der Waals surface area contributed by atoms with E-state index in [9.17, 15) is 15.0 Å². The summed E-state index contributed by atoms with van der Waals surface area (Å²) in [4.78, 5) is 25.4. The lowest BCUT2D eigenvalue weighted by Crippen LogP contribution is -2.42. The Morgan fingerprint density at radius 3 is 2.82 bits per heavy atom. The van der Waals surface area contributed by atoms with E-state index in [0.717, 1.165) is 0 Å². The Morgan fingerprint density at radius 2 is 2.14 bits per heavy atom. The standard InChI is InChI=1S/C17H20N6O5/c1-3-19-16(26)12-10(24)11(25)17(28-12)23-7-20-9-14(18-2)21-13(22-15(9)23)8-4-5-27-6-8/h4-7,10-12,17,24-25H,3H2,1-2H3,(H,19,26)(H,18,21,22). The molecule has 28 heavy (non-hydrogen) atoms. The third-order valence-electron chi connectivity index (χ3n) is 4.56. The summed E-state index contributed by atoms with van der Waals surface area (Å²) in [6.45, 7) is 2.14. The number of carbonyl (C=O) groups excluding carboxylic acids is 1. The van der Waals surface area contributed by atoms with Crippen molar-refractivity contribution in [3.05, 3.63) is 24.9 Å². The molecule has 0 spiro atoms. The summed E-state index contributed by atoms with van der Waals surface area (Å²) in [5.41, 5.74) is 1.50. The number of hydrogen-bond acceptors (Lipinski definition) is 9. The predicted molar refractivity (Wildman–Crippen MR) is 97.2 cm³/mol. The molecule has 148 valence electrons. The maximum Gasteiger partial charge on any atom is 0.252 e. The number of fused-ring (bicyclic) bond motifs is 1. The van der Waals surface area contributed by atoms with Crippen molar-refractivity contribution in [2.24, 2.45) is 0 Å². The largest absolute Gasteiger partial charge is 0.472 e. The number of nitrogens with one attached hydrogen (secondary N) is 2. The fourth-order valence-electron chi connectivity index (χ4n) is 3.18. The van der Waals surface area contributed by atoms with Gasteiger partial charge in [0.1, 0.15) is 18.5 Å². The van der Waals surface area contributed by atoms with Gasteiger partial charge in [-0.25, -0.2) is 15.0 Å². The highest BCUT2D eigenvalue weighted by Gasteiger charge is 2.47. The van der Waals surface area contributed by atoms with Gasteiger partial charge in [0, 0.05) is 13.6 Å². The highest BCUT2D eigenvalue weighted by molar-refractivity contribution is 5.85. The topological polar surface area (TPSA) is 148 Å². The molecule has 1 aliphatic heterocycles. The van der Waals surface area contributed by atoms with E-state index in [1.165, 1.54) is 23.4 Å². The average molecular weight is 388 g/mol. The fraction of sp³-hybridized carbons (Fsp3) is 0.412. The zero-order valence-corrected chi connectivity index (χ0v) is 15.2. The molecule has 0 radical (unpaired) electrons. The summed E-state index contributed by atoms with van der Waals surface area (Å²) >= 11 is 0. The van der Waals surface area contributed by atoms with Crippen LogP contribution in [0.4, 0.5) is 5.82 Å². The van der Waals surface area contributed by atoms with Gasteiger partial charge in [-0.05, 0) is 13.0 Å². The number of ether oxygens (including phenoxy) is 1. The number of furan rings is 1. The van der Waals surface area contributed by atoms with Crippen LogP contribution in [0.25, 0.3) is 22.6 Å². The number of aliphatic hydroxyl groups is 2. The van der Waals surface area contributed by atoms with Gasteiger partial charge in [-0.1, -0.05) is 0 Å². The zero-order chi connectivity index (χ0) is 19.8. The van der Waals surface area contributed by atoms with E-state index >= 15 is 0 Å². The number of aromatic nitrogens is 4. The molecule has 3 aromatic rings. The van der Waals surface area contributed by atoms with Crippen LogP contribution in [-0.2, 0) is 9.53 Å². The van der Waals surface area contributed by atoms with Crippen LogP contribution in [0.15, 0.2) is 29.3 Å². The average Bonchev–Trinajstić information content (AvgIpc) is 3.42. The second-order valence-corrected chi connectivity index (χ2v) is 6.30. The molecule has 4 unspecified atom stereocenters. The maximum atomic E-state index is 12.1. The summed E-state index contributed by atoms with van der Waals surface area (Å²) in [6.07, 6.45) is -0.503. The summed E-state index contributed by atoms with van der Waals surface area (Å²) < 4.78 is 12.2. The van der Waals surface area contributed by atoms with Crippen molar-refractivity contribution in [2.75, 3.05) is 18.9 Å². The highest BCUT2D eigenvalue weighted by Crippen LogP contribution is 2.33. The number of imidazole rings is 1. The quantitative estimate of drug-likeness (QED) is 0.469. The van der Waals surface area contributed by atoms with Gasteiger partial charge in [0.2, 0.25) is 0 Å². The van der Waals surface area contributed by atoms with Gasteiger partial charge < -0.3 is 30.0 Å². The number of hydrogen-bond donors (Lipinski definition) is 4. The molecule has 1 amide bonds. The Hall–Kier alpha value is -3.02. The summed E-state index contributed by atoms with van der Waals surface area (Å²) in [5.74, 6) is 0.375. The minimum absolute atomic E-state index is 0.378. The molecular formula is C17H20N6O5. The van der Waals surface area contributed by atoms with Crippen LogP contribution in [0.5, 0.6) is 0 Å². The molecule has 3 aromatic heterocycles. The summed E-state index contributed by atoms with van der Waals surface area (Å²) in [7, 11) is 1.70. The Morgan fingerprint density at radius 1 is 1.32 bits per heavy atom. The van der Waals surface area contributed by atoms with Crippen molar-refractivity contribution >= 4 is 22.9 Å². The Labute approximate surface area is 159 Å². The predicted octanol–water partition coefficient (Wildman–Crippen LogP) is -0.117. The van der Waals surface area contributed by atoms with Gasteiger partial charge in [0.15, 0.2) is 35.1 Å². The minimum Gasteiger partial charge on any atom is -0.472 e. The van der Waals surface area contributed by atoms with Crippen LogP contribution in [0.3, 0.4) is 0 Å². The van der Waals surface area contributed by atoms with Crippen LogP contribution in [0.2, 0.25) is 0 Å². The van der Waals surface area contributed by atoms with Crippen molar-refractivity contribution in [1.29, 1.82) is 0 Å². The molecule has 4 N–H and O–H groups in total. The van der Waals surface area contributed by atoms with Crippen molar-refractivity contribution in [3.8, 4) is 11.4 Å². The molecule has 1 aliphatic rings. The lowest BCUT2D eigenvalue weighted by Gasteiger charge is -2.16. The first-order chi connectivity index (χ1) is 13.5. The number of carbonyl (C=O) groups is 1. The smallest absolute Gasteiger partial charge is 0.252 e. The van der Waals surface area contributed by atoms with Gasteiger partial charge in [0.25, 0.3) is 5.91 Å². The Bertz CT molecular complexity index is 988. The number of aliphatic hydroxyl groups excluding tert-OH is 2. The van der Waals surface area contributed by atoms with Gasteiger partial charge in [-0.3, -0.25) is 9.36 Å². The van der Waals surface area contributed by atoms with Crippen molar-refractivity contribution < 1.29 is 24.2 Å². The van der Waals surface area contributed by atoms with E-state index in [1.54, 1.807) is 20.0 Å². The van der Waals surface area contributed by atoms with Gasteiger partial charge in [-0.2, -0.15) is 0 Å². The van der Waals surface area contributed by atoms with Crippen molar-refractivity contribution in [3.63, 3.8) is 0 Å². The summed E-state index contributed by atoms with van der Waals surface area (Å²) in [6, 6.07) is 1.72. The van der Waals surface area contributed by atoms with Crippen LogP contribution in [0.1, 0.15) is 13.2 Å². The number of amides is 1. The molecule has 11 nitrogen and oxygen atoms in total. The van der Waals surface area contributed by atoms with Crippen molar-refractivity contribution in [1.82, 2.24) is 24.8 Å². The molecule has 4 rings (SSSR count). The second-order valence-electron chi connectivity index (χ2n) is 6.30. The van der Waals surface area contributed by atoms with Gasteiger partial charge in [-0.15, -0.1) is 0 Å². The molecule has 4 atom stereocenters. The molecule has 0 aliphatic carbocycles. The molecular weight excluding hydrogens is 368 g/mol. The van der Waals surface area contributed by atoms with Crippen LogP contribution < -0.4 is 10.6 Å². The fourth-order valence-corrected chi connectivity index (χ4v) is 3.18. The van der Waals surface area contributed by atoms with Crippen LogP contribution >= 0.6 is 0 Å². The number of rotatable bonds is 5. The normalized spacial score (nSPS) is 24.6. The zero-order valence-electron chi connectivity index (χ0n) is 15.2. The van der Waals surface area contributed by atoms with Crippen molar-refractivity contribution in [2.45, 2.75) is 31.5 Å². The first-order valence-electron chi connectivity index (χ1n) is 8.79. The number of anilines is 1. The lowest BCUT2D eigenvalue weighted by molar-refractivity contribution is -0.137. The van der Waals surface area contributed by atoms with Gasteiger partial charge >= 0.3 is 0 Å². The third kappa shape index (κ3) is 2.89. The molecule has 0 aromatic carbocycles. The molecule has 1 saturated heterocycles. The van der Waals surface area contributed by atoms with E-state index in [1.807, 2.05) is 0 Å². The number of nitrogens with zero attached hydrogens (tertiary/aromatic N) is 4. The SMILES string of the molecule is CCNC(=O)C1OC(n2cnc3c(NC)nc(-c4ccoc4)nc32)C(O)C1O. The van der Waals surface area contributed by atoms with Gasteiger partial charge in [0.05, 0.1) is 18.2 Å². The molecule has 4 heterocycles. The van der Waals surface area contributed by atoms with Crippen LogP contribution in [0, 0.1) is 0 Å². The van der Waals surface area contributed by atoms with E-state index < -0.39 is 30.4 Å². The minimum atomic E-state index is -1.38. The molecule has 11 heteroatoms. The molecule has 0 saturated carbocycles. The van der Waals surface area contributed by atoms with Crippen LogP contribution in [-0.4, -0.2) is 67.5 Å². The first kappa shape index (κ1) is 18.3. The van der Waals surface area contributed by atoms with E-state index in [-0.39, 0.29) is 0 Å². The van der Waals surface area contributed by atoms with E-state index in [2.05, 4.69) is 25.6 Å². The van der Waals surface area contributed by atoms with E-state index in [4.69, 9.17) is 9.15 Å². The highest BCUT2D eigenvalue weighted by atomic mass is 16.6. The lowest BCUT2D eigenvalue weighted by atomic mass is 10.1. The Kier molecular flexibility index (Phi) is 4.71.